The van der Waals surface area contributed by atoms with E-state index in [4.69, 9.17) is 11.6 Å². The molecule has 0 fully saturated rings. The summed E-state index contributed by atoms with van der Waals surface area (Å²) in [6, 6.07) is 7.15. The summed E-state index contributed by atoms with van der Waals surface area (Å²) in [5, 5.41) is 9.62. The number of hydrogen-bond donors (Lipinski definition) is 1. The number of hydrogen-bond acceptors (Lipinski definition) is 3. The average Bonchev–Trinajstić information content (AvgIpc) is 2.57. The molecule has 14 heavy (non-hydrogen) atoms. The quantitative estimate of drug-likeness (QED) is 0.806. The van der Waals surface area contributed by atoms with Gasteiger partial charge in [-0.05, 0) is 48.3 Å². The molecule has 4 heteroatoms. The minimum absolute atomic E-state index is 0.108. The van der Waals surface area contributed by atoms with Crippen molar-refractivity contribution in [2.75, 3.05) is 0 Å². The number of aryl methyl sites for hydroxylation is 1. The van der Waals surface area contributed by atoms with Gasteiger partial charge >= 0.3 is 0 Å². The zero-order valence-electron chi connectivity index (χ0n) is 7.49. The van der Waals surface area contributed by atoms with Crippen molar-refractivity contribution < 1.29 is 5.11 Å². The molecule has 2 aromatic rings. The third-order valence-electron chi connectivity index (χ3n) is 1.86. The van der Waals surface area contributed by atoms with Crippen LogP contribution < -0.4 is 0 Å². The van der Waals surface area contributed by atoms with Gasteiger partial charge in [0.1, 0.15) is 5.75 Å². The van der Waals surface area contributed by atoms with Crippen molar-refractivity contribution >= 4 is 23.1 Å². The maximum absolute atomic E-state index is 9.25. The van der Waals surface area contributed by atoms with Gasteiger partial charge in [-0.1, -0.05) is 11.6 Å². The van der Waals surface area contributed by atoms with E-state index in [1.54, 1.807) is 12.1 Å². The molecule has 0 aliphatic rings. The largest absolute Gasteiger partial charge is 0.506 e. The van der Waals surface area contributed by atoms with Crippen molar-refractivity contribution in [1.29, 1.82) is 0 Å². The Balaban J connectivity index is 2.47. The van der Waals surface area contributed by atoms with Gasteiger partial charge in [0.2, 0.25) is 0 Å². The smallest absolute Gasteiger partial charge is 0.134 e. The van der Waals surface area contributed by atoms with E-state index in [1.807, 2.05) is 19.1 Å². The second-order valence-electron chi connectivity index (χ2n) is 3.00. The van der Waals surface area contributed by atoms with Crippen LogP contribution in [0.1, 0.15) is 5.69 Å². The Labute approximate surface area is 91.0 Å². The molecule has 72 valence electrons. The molecule has 0 amide bonds. The van der Waals surface area contributed by atoms with Crippen LogP contribution in [0.25, 0.3) is 10.4 Å². The summed E-state index contributed by atoms with van der Waals surface area (Å²) in [6.45, 7) is 1.95. The molecular formula is C10H8ClNOS. The number of aromatic hydroxyl groups is 1. The number of halogens is 1. The first-order valence-electron chi connectivity index (χ1n) is 4.09. The fourth-order valence-corrected chi connectivity index (χ4v) is 2.09. The second-order valence-corrected chi connectivity index (χ2v) is 4.21. The Kier molecular flexibility index (Phi) is 2.44. The summed E-state index contributed by atoms with van der Waals surface area (Å²) in [4.78, 5) is 1.06. The van der Waals surface area contributed by atoms with Gasteiger partial charge in [-0.2, -0.15) is 4.37 Å². The third-order valence-corrected chi connectivity index (χ3v) is 3.09. The molecule has 0 radical (unpaired) electrons. The molecule has 0 unspecified atom stereocenters. The first kappa shape index (κ1) is 9.49. The lowest BCUT2D eigenvalue weighted by Gasteiger charge is -1.99. The van der Waals surface area contributed by atoms with Crippen LogP contribution >= 0.6 is 23.1 Å². The standard InChI is InChI=1S/C10H8ClNOS/c1-6-4-10(14-12-6)7-2-3-9(13)8(11)5-7/h2-5,13H,1H3. The summed E-state index contributed by atoms with van der Waals surface area (Å²) in [7, 11) is 0. The van der Waals surface area contributed by atoms with Gasteiger partial charge in [-0.15, -0.1) is 0 Å². The second kappa shape index (κ2) is 3.59. The number of aromatic nitrogens is 1. The molecule has 0 spiro atoms. The SMILES string of the molecule is Cc1cc(-c2ccc(O)c(Cl)c2)sn1. The number of benzene rings is 1. The highest BCUT2D eigenvalue weighted by Crippen LogP contribution is 2.31. The Bertz CT molecular complexity index is 467. The van der Waals surface area contributed by atoms with E-state index in [9.17, 15) is 5.11 Å². The van der Waals surface area contributed by atoms with Crippen LogP contribution in [0.5, 0.6) is 5.75 Å². The van der Waals surface area contributed by atoms with Gasteiger partial charge in [0, 0.05) is 0 Å². The van der Waals surface area contributed by atoms with Crippen LogP contribution in [0.3, 0.4) is 0 Å². The number of phenolic OH excluding ortho intramolecular Hbond substituents is 1. The van der Waals surface area contributed by atoms with Gasteiger partial charge in [0.05, 0.1) is 15.6 Å². The van der Waals surface area contributed by atoms with E-state index in [2.05, 4.69) is 4.37 Å². The highest BCUT2D eigenvalue weighted by atomic mass is 35.5. The monoisotopic (exact) mass is 225 g/mol. The number of rotatable bonds is 1. The van der Waals surface area contributed by atoms with Crippen molar-refractivity contribution in [2.24, 2.45) is 0 Å². The third kappa shape index (κ3) is 1.74. The van der Waals surface area contributed by atoms with Gasteiger partial charge < -0.3 is 5.11 Å². The van der Waals surface area contributed by atoms with Crippen LogP contribution in [0.2, 0.25) is 5.02 Å². The number of nitrogens with zero attached hydrogens (tertiary/aromatic N) is 1. The molecule has 1 aromatic heterocycles. The normalized spacial score (nSPS) is 10.4. The fraction of sp³-hybridized carbons (Fsp3) is 0.100. The molecule has 1 N–H and O–H groups in total. The Morgan fingerprint density at radius 3 is 2.71 bits per heavy atom. The Morgan fingerprint density at radius 2 is 2.14 bits per heavy atom. The molecule has 0 saturated heterocycles. The van der Waals surface area contributed by atoms with E-state index < -0.39 is 0 Å². The van der Waals surface area contributed by atoms with E-state index in [0.717, 1.165) is 16.1 Å². The van der Waals surface area contributed by atoms with E-state index in [0.29, 0.717) is 5.02 Å². The first-order valence-corrected chi connectivity index (χ1v) is 5.24. The highest BCUT2D eigenvalue weighted by Gasteiger charge is 2.04. The summed E-state index contributed by atoms with van der Waals surface area (Å²) in [5.74, 6) is 0.108. The first-order chi connectivity index (χ1) is 6.66. The van der Waals surface area contributed by atoms with Crippen molar-refractivity contribution in [1.82, 2.24) is 4.37 Å². The minimum Gasteiger partial charge on any atom is -0.506 e. The molecule has 2 nitrogen and oxygen atoms in total. The number of phenols is 1. The molecule has 0 saturated carbocycles. The molecular weight excluding hydrogens is 218 g/mol. The molecule has 0 atom stereocenters. The maximum Gasteiger partial charge on any atom is 0.134 e. The lowest BCUT2D eigenvalue weighted by molar-refractivity contribution is 0.475. The highest BCUT2D eigenvalue weighted by molar-refractivity contribution is 7.09. The topological polar surface area (TPSA) is 33.1 Å². The molecule has 0 aliphatic heterocycles. The zero-order valence-corrected chi connectivity index (χ0v) is 9.06. The minimum atomic E-state index is 0.108. The van der Waals surface area contributed by atoms with Gasteiger partial charge in [0.15, 0.2) is 0 Å². The maximum atomic E-state index is 9.25. The van der Waals surface area contributed by atoms with E-state index >= 15 is 0 Å². The van der Waals surface area contributed by atoms with E-state index in [1.165, 1.54) is 11.5 Å². The van der Waals surface area contributed by atoms with Crippen molar-refractivity contribution in [2.45, 2.75) is 6.92 Å². The molecule has 0 aliphatic carbocycles. The summed E-state index contributed by atoms with van der Waals surface area (Å²) < 4.78 is 4.18. The zero-order chi connectivity index (χ0) is 10.1. The molecule has 1 heterocycles. The average molecular weight is 226 g/mol. The predicted octanol–water partition coefficient (Wildman–Crippen LogP) is 3.48. The lowest BCUT2D eigenvalue weighted by atomic mass is 10.2. The van der Waals surface area contributed by atoms with Gasteiger partial charge in [-0.3, -0.25) is 0 Å². The lowest BCUT2D eigenvalue weighted by Crippen LogP contribution is -1.73. The van der Waals surface area contributed by atoms with Crippen molar-refractivity contribution in [3.8, 4) is 16.2 Å². The Hall–Kier alpha value is -1.06. The fourth-order valence-electron chi connectivity index (χ4n) is 1.16. The van der Waals surface area contributed by atoms with Crippen LogP contribution in [0, 0.1) is 6.92 Å². The predicted molar refractivity (Wildman–Crippen MR) is 59.0 cm³/mol. The summed E-state index contributed by atoms with van der Waals surface area (Å²) in [5.41, 5.74) is 1.98. The summed E-state index contributed by atoms with van der Waals surface area (Å²) in [6.07, 6.45) is 0. The molecule has 2 rings (SSSR count). The van der Waals surface area contributed by atoms with Crippen LogP contribution in [0.15, 0.2) is 24.3 Å². The molecule has 1 aromatic carbocycles. The van der Waals surface area contributed by atoms with Gasteiger partial charge in [0.25, 0.3) is 0 Å². The van der Waals surface area contributed by atoms with Crippen LogP contribution in [-0.2, 0) is 0 Å². The molecule has 0 bridgehead atoms. The van der Waals surface area contributed by atoms with E-state index in [-0.39, 0.29) is 5.75 Å². The van der Waals surface area contributed by atoms with Crippen molar-refractivity contribution in [3.63, 3.8) is 0 Å². The Morgan fingerprint density at radius 1 is 1.36 bits per heavy atom. The van der Waals surface area contributed by atoms with Crippen LogP contribution in [0.4, 0.5) is 0 Å². The van der Waals surface area contributed by atoms with Gasteiger partial charge in [-0.25, -0.2) is 0 Å². The van der Waals surface area contributed by atoms with Crippen LogP contribution in [-0.4, -0.2) is 9.48 Å². The summed E-state index contributed by atoms with van der Waals surface area (Å²) >= 11 is 7.23. The van der Waals surface area contributed by atoms with Crippen molar-refractivity contribution in [3.05, 3.63) is 35.0 Å².